The molecule has 0 aliphatic carbocycles. The van der Waals surface area contributed by atoms with Crippen LogP contribution in [0.4, 0.5) is 0 Å². The number of carbonyl (C=O) groups is 2. The highest BCUT2D eigenvalue weighted by Crippen LogP contribution is 2.55. The Kier molecular flexibility index (Phi) is 18.5. The average Bonchev–Trinajstić information content (AvgIpc) is 3.16. The number of hydrogen-bond acceptors (Lipinski definition) is 8. The lowest BCUT2D eigenvalue weighted by Crippen LogP contribution is -2.44. The van der Waals surface area contributed by atoms with Crippen LogP contribution in [0.5, 0.6) is 11.5 Å². The molecule has 4 rings (SSSR count). The summed E-state index contributed by atoms with van der Waals surface area (Å²) in [5.41, 5.74) is 5.89. The monoisotopic (exact) mass is 974 g/mol. The number of hydrogen-bond donors (Lipinski definition) is 4. The number of carboxylic acids is 2. The maximum atomic E-state index is 15.3. The van der Waals surface area contributed by atoms with Crippen molar-refractivity contribution >= 4 is 59.0 Å². The van der Waals surface area contributed by atoms with E-state index in [4.69, 9.17) is 5.11 Å². The molecular formula is C56H78O6S4. The van der Waals surface area contributed by atoms with Crippen molar-refractivity contribution in [3.8, 4) is 11.5 Å². The first-order valence-corrected chi connectivity index (χ1v) is 27.3. The van der Waals surface area contributed by atoms with Crippen LogP contribution >= 0.6 is 47.0 Å². The molecule has 0 saturated carbocycles. The van der Waals surface area contributed by atoms with Gasteiger partial charge in [-0.15, -0.1) is 0 Å². The second-order valence-electron chi connectivity index (χ2n) is 22.3. The van der Waals surface area contributed by atoms with Gasteiger partial charge in [-0.2, -0.15) is 23.5 Å². The van der Waals surface area contributed by atoms with Gasteiger partial charge in [-0.25, -0.2) is 0 Å². The number of phenols is 2. The van der Waals surface area contributed by atoms with Gasteiger partial charge in [0.1, 0.15) is 16.9 Å². The Morgan fingerprint density at radius 1 is 0.455 bits per heavy atom. The van der Waals surface area contributed by atoms with Crippen LogP contribution in [0.1, 0.15) is 171 Å². The maximum Gasteiger partial charge on any atom is 0.319 e. The van der Waals surface area contributed by atoms with Gasteiger partial charge < -0.3 is 20.4 Å². The highest BCUT2D eigenvalue weighted by Gasteiger charge is 2.50. The van der Waals surface area contributed by atoms with Gasteiger partial charge in [0.25, 0.3) is 0 Å². The second kappa shape index (κ2) is 22.1. The summed E-state index contributed by atoms with van der Waals surface area (Å²) in [5, 5.41) is 45.7. The predicted molar refractivity (Wildman–Crippen MR) is 285 cm³/mol. The van der Waals surface area contributed by atoms with Gasteiger partial charge in [-0.3, -0.25) is 9.59 Å². The average molecular weight is 976 g/mol. The normalized spacial score (nSPS) is 12.8. The molecule has 0 bridgehead atoms. The summed E-state index contributed by atoms with van der Waals surface area (Å²) in [4.78, 5) is 29.3. The molecule has 362 valence electrons. The van der Waals surface area contributed by atoms with Crippen LogP contribution in [0.3, 0.4) is 0 Å². The van der Waals surface area contributed by atoms with E-state index in [1.54, 1.807) is 23.5 Å². The van der Waals surface area contributed by atoms with Gasteiger partial charge in [0.05, 0.1) is 16.2 Å². The summed E-state index contributed by atoms with van der Waals surface area (Å²) in [6.45, 7) is 33.8. The van der Waals surface area contributed by atoms with Crippen LogP contribution in [0.15, 0.2) is 68.1 Å². The summed E-state index contributed by atoms with van der Waals surface area (Å²) in [6.07, 6.45) is 4.13. The number of thioether (sulfide) groups is 2. The molecule has 0 amide bonds. The van der Waals surface area contributed by atoms with Gasteiger partial charge in [0, 0.05) is 32.4 Å². The minimum absolute atomic E-state index is 0.178. The Bertz CT molecular complexity index is 2230. The van der Waals surface area contributed by atoms with E-state index in [0.29, 0.717) is 15.5 Å². The minimum Gasteiger partial charge on any atom is -0.506 e. The molecule has 0 unspecified atom stereocenters. The van der Waals surface area contributed by atoms with E-state index >= 15 is 4.79 Å². The summed E-state index contributed by atoms with van der Waals surface area (Å²) < 4.78 is 0. The zero-order valence-electron chi connectivity index (χ0n) is 42.7. The third-order valence-corrected chi connectivity index (χ3v) is 16.4. The molecule has 0 radical (unpaired) electrons. The third-order valence-electron chi connectivity index (χ3n) is 11.9. The molecule has 0 heterocycles. The number of aromatic hydroxyl groups is 2. The quantitative estimate of drug-likeness (QED) is 0.0677. The molecule has 0 atom stereocenters. The number of carboxylic acid groups (broad SMARTS) is 2. The van der Waals surface area contributed by atoms with Crippen LogP contribution in [0.2, 0.25) is 0 Å². The standard InChI is InChI=1S/C56H78O6S4/c1-34-25-38(52(5,6)7)47(42(29-34)65-44-31-36(3)27-40(49(44)59)54(11,12)13)56(51(61)62,33-64-23-20-18-17-19-22-63-24-21-46(57)58)48-39(53(8,9)10)26-35(2)30-43(48)66-45-32-37(4)28-41(50(45)60)55(14,15)16/h25-32,59-60H,17-24,33H2,1-16H3,(H,57,58)(H,61,62). The van der Waals surface area contributed by atoms with Gasteiger partial charge in [0.15, 0.2) is 0 Å². The number of aliphatic carboxylic acids is 2. The van der Waals surface area contributed by atoms with Crippen molar-refractivity contribution in [1.29, 1.82) is 0 Å². The Hall–Kier alpha value is -3.18. The van der Waals surface area contributed by atoms with Crippen molar-refractivity contribution in [3.05, 3.63) is 104 Å². The number of rotatable bonds is 19. The molecule has 4 aromatic carbocycles. The fraction of sp³-hybridized carbons (Fsp3) is 0.536. The number of unbranched alkanes of at least 4 members (excludes halogenated alkanes) is 3. The van der Waals surface area contributed by atoms with Crippen molar-refractivity contribution < 1.29 is 30.0 Å². The highest BCUT2D eigenvalue weighted by atomic mass is 32.2. The first kappa shape index (κ1) is 55.4. The third kappa shape index (κ3) is 13.7. The number of phenolic OH excluding ortho intramolecular Hbond substituents is 2. The van der Waals surface area contributed by atoms with E-state index in [0.717, 1.165) is 103 Å². The largest absolute Gasteiger partial charge is 0.506 e. The first-order valence-electron chi connectivity index (χ1n) is 23.3. The molecule has 0 saturated heterocycles. The van der Waals surface area contributed by atoms with E-state index in [9.17, 15) is 20.1 Å². The predicted octanol–water partition coefficient (Wildman–Crippen LogP) is 15.7. The molecule has 4 aromatic rings. The van der Waals surface area contributed by atoms with Crippen molar-refractivity contribution in [2.24, 2.45) is 0 Å². The van der Waals surface area contributed by atoms with Crippen LogP contribution in [-0.4, -0.2) is 55.4 Å². The molecule has 10 heteroatoms. The SMILES string of the molecule is Cc1cc(Sc2cc(C)cc(C(C)(C)C)c2C(CSCCCCCCSCCC(=O)O)(C(=O)O)c2c(Sc3cc(C)cc(C(C)(C)C)c3O)cc(C)cc2C(C)(C)C)c(O)c(C(C)(C)C)c1. The fourth-order valence-electron chi connectivity index (χ4n) is 8.55. The fourth-order valence-corrected chi connectivity index (χ4v) is 13.4. The van der Waals surface area contributed by atoms with Crippen LogP contribution < -0.4 is 0 Å². The van der Waals surface area contributed by atoms with Crippen LogP contribution in [0, 0.1) is 27.7 Å². The van der Waals surface area contributed by atoms with Crippen LogP contribution in [-0.2, 0) is 36.7 Å². The first-order chi connectivity index (χ1) is 30.4. The van der Waals surface area contributed by atoms with E-state index in [1.807, 2.05) is 38.1 Å². The van der Waals surface area contributed by atoms with Gasteiger partial charge in [-0.05, 0) is 142 Å². The lowest BCUT2D eigenvalue weighted by atomic mass is 9.65. The molecule has 4 N–H and O–H groups in total. The van der Waals surface area contributed by atoms with E-state index in [-0.39, 0.29) is 34.5 Å². The van der Waals surface area contributed by atoms with Crippen LogP contribution in [0.25, 0.3) is 0 Å². The molecule has 0 fully saturated rings. The molecule has 0 aliphatic rings. The summed E-state index contributed by atoms with van der Waals surface area (Å²) in [7, 11) is 0. The summed E-state index contributed by atoms with van der Waals surface area (Å²) in [6, 6.07) is 16.7. The highest BCUT2D eigenvalue weighted by molar-refractivity contribution is 8.00. The Morgan fingerprint density at radius 2 is 0.788 bits per heavy atom. The van der Waals surface area contributed by atoms with E-state index < -0.39 is 28.2 Å². The summed E-state index contributed by atoms with van der Waals surface area (Å²) >= 11 is 6.29. The van der Waals surface area contributed by atoms with E-state index in [1.165, 1.54) is 23.5 Å². The van der Waals surface area contributed by atoms with Crippen molar-refractivity contribution in [1.82, 2.24) is 0 Å². The Labute approximate surface area is 414 Å². The van der Waals surface area contributed by atoms with Gasteiger partial charge in [-0.1, -0.05) is 144 Å². The summed E-state index contributed by atoms with van der Waals surface area (Å²) in [5.74, 6) is 1.30. The van der Waals surface area contributed by atoms with Gasteiger partial charge in [0.2, 0.25) is 0 Å². The molecule has 66 heavy (non-hydrogen) atoms. The maximum absolute atomic E-state index is 15.3. The van der Waals surface area contributed by atoms with Crippen molar-refractivity contribution in [3.63, 3.8) is 0 Å². The minimum atomic E-state index is -1.60. The topological polar surface area (TPSA) is 115 Å². The molecule has 6 nitrogen and oxygen atoms in total. The van der Waals surface area contributed by atoms with Crippen molar-refractivity contribution in [2.45, 2.75) is 190 Å². The lowest BCUT2D eigenvalue weighted by molar-refractivity contribution is -0.141. The smallest absolute Gasteiger partial charge is 0.319 e. The number of aryl methyl sites for hydroxylation is 4. The Morgan fingerprint density at radius 3 is 1.12 bits per heavy atom. The zero-order chi connectivity index (χ0) is 49.7. The van der Waals surface area contributed by atoms with E-state index in [2.05, 4.69) is 121 Å². The zero-order valence-corrected chi connectivity index (χ0v) is 46.0. The Balaban J connectivity index is 2.11. The molecule has 0 spiro atoms. The molecule has 0 aliphatic heterocycles. The van der Waals surface area contributed by atoms with Gasteiger partial charge >= 0.3 is 11.9 Å². The molecule has 0 aromatic heterocycles. The lowest BCUT2D eigenvalue weighted by Gasteiger charge is -2.41. The second-order valence-corrected chi connectivity index (χ2v) is 26.8. The molecular weight excluding hydrogens is 897 g/mol. The van der Waals surface area contributed by atoms with Crippen molar-refractivity contribution in [2.75, 3.05) is 23.0 Å². The number of benzene rings is 4.